The zero-order valence-corrected chi connectivity index (χ0v) is 7.45. The zero-order chi connectivity index (χ0) is 6.95. The summed E-state index contributed by atoms with van der Waals surface area (Å²) in [5.74, 6) is 1.17. The molecule has 0 radical (unpaired) electrons. The Morgan fingerprint density at radius 2 is 1.44 bits per heavy atom. The summed E-state index contributed by atoms with van der Waals surface area (Å²) < 4.78 is 0. The van der Waals surface area contributed by atoms with Gasteiger partial charge in [0.05, 0.1) is 0 Å². The lowest BCUT2D eigenvalue weighted by Gasteiger charge is -1.94. The first-order chi connectivity index (χ1) is 4.41. The Labute approximate surface area is 64.4 Å². The van der Waals surface area contributed by atoms with Crippen molar-refractivity contribution in [2.24, 2.45) is 0 Å². The second kappa shape index (κ2) is 8.35. The second-order valence-corrected chi connectivity index (χ2v) is 3.02. The van der Waals surface area contributed by atoms with Crippen molar-refractivity contribution >= 4 is 12.6 Å². The molecular formula is C8H19S+. The van der Waals surface area contributed by atoms with E-state index in [9.17, 15) is 0 Å². The Bertz CT molecular complexity index is 37.8. The second-order valence-electron chi connectivity index (χ2n) is 2.52. The van der Waals surface area contributed by atoms with E-state index in [-0.39, 0.29) is 0 Å². The number of hydrogen-bond acceptors (Lipinski definition) is 0. The predicted molar refractivity (Wildman–Crippen MR) is 48.4 cm³/mol. The third-order valence-electron chi connectivity index (χ3n) is 1.53. The van der Waals surface area contributed by atoms with Crippen LogP contribution in [0.15, 0.2) is 0 Å². The van der Waals surface area contributed by atoms with E-state index >= 15 is 0 Å². The molecule has 56 valence electrons. The third kappa shape index (κ3) is 8.35. The van der Waals surface area contributed by atoms with Crippen molar-refractivity contribution in [1.29, 1.82) is 0 Å². The van der Waals surface area contributed by atoms with Crippen LogP contribution in [0.2, 0.25) is 0 Å². The average molecular weight is 147 g/mol. The molecule has 0 saturated heterocycles. The molecule has 9 heavy (non-hydrogen) atoms. The van der Waals surface area contributed by atoms with Crippen LogP contribution in [0.5, 0.6) is 0 Å². The Morgan fingerprint density at radius 3 is 2.00 bits per heavy atom. The van der Waals surface area contributed by atoms with Crippen LogP contribution in [0.3, 0.4) is 0 Å². The smallest absolute Gasteiger partial charge is 0.0654 e. The van der Waals surface area contributed by atoms with Gasteiger partial charge in [0.1, 0.15) is 5.75 Å². The Kier molecular flexibility index (Phi) is 8.67. The van der Waals surface area contributed by atoms with Crippen LogP contribution in [0.25, 0.3) is 0 Å². The van der Waals surface area contributed by atoms with Gasteiger partial charge in [0, 0.05) is 0 Å². The SMILES string of the molecule is CCCCCCCC[SH2+]. The summed E-state index contributed by atoms with van der Waals surface area (Å²) in [4.78, 5) is 0. The number of unbranched alkanes of at least 4 members (excludes halogenated alkanes) is 5. The van der Waals surface area contributed by atoms with Crippen LogP contribution in [0.1, 0.15) is 45.4 Å². The fraction of sp³-hybridized carbons (Fsp3) is 1.00. The largest absolute Gasteiger partial charge is 0.103 e. The summed E-state index contributed by atoms with van der Waals surface area (Å²) in [5, 5.41) is 0. The van der Waals surface area contributed by atoms with E-state index in [0.717, 1.165) is 0 Å². The van der Waals surface area contributed by atoms with Crippen LogP contribution in [-0.4, -0.2) is 5.75 Å². The van der Waals surface area contributed by atoms with Gasteiger partial charge in [0.15, 0.2) is 0 Å². The monoisotopic (exact) mass is 147 g/mol. The van der Waals surface area contributed by atoms with Crippen LogP contribution in [0.4, 0.5) is 0 Å². The molecule has 0 aromatic carbocycles. The highest BCUT2D eigenvalue weighted by atomic mass is 32.1. The molecule has 0 aromatic rings. The van der Waals surface area contributed by atoms with Gasteiger partial charge in [0.25, 0.3) is 0 Å². The minimum atomic E-state index is 1.17. The first kappa shape index (κ1) is 9.35. The lowest BCUT2D eigenvalue weighted by molar-refractivity contribution is 0.627. The molecule has 0 unspecified atom stereocenters. The Morgan fingerprint density at radius 1 is 0.889 bits per heavy atom. The molecule has 0 amide bonds. The Balaban J connectivity index is 2.60. The minimum absolute atomic E-state index is 1.17. The Hall–Kier alpha value is 0.350. The molecule has 0 rings (SSSR count). The zero-order valence-electron chi connectivity index (χ0n) is 6.45. The van der Waals surface area contributed by atoms with Crippen molar-refractivity contribution in [3.05, 3.63) is 0 Å². The lowest BCUT2D eigenvalue weighted by atomic mass is 10.1. The first-order valence-corrected chi connectivity index (χ1v) is 4.77. The summed E-state index contributed by atoms with van der Waals surface area (Å²) in [6.45, 7) is 2.25. The molecule has 0 atom stereocenters. The predicted octanol–water partition coefficient (Wildman–Crippen LogP) is 2.36. The number of rotatable bonds is 6. The van der Waals surface area contributed by atoms with Gasteiger partial charge in [-0.15, -0.1) is 0 Å². The summed E-state index contributed by atoms with van der Waals surface area (Å²) >= 11 is 3.46. The molecule has 0 fully saturated rings. The van der Waals surface area contributed by atoms with Gasteiger partial charge in [0.2, 0.25) is 0 Å². The maximum absolute atomic E-state index is 3.46. The lowest BCUT2D eigenvalue weighted by Crippen LogP contribution is -1.80. The van der Waals surface area contributed by atoms with Crippen LogP contribution < -0.4 is 0 Å². The van der Waals surface area contributed by atoms with Crippen LogP contribution >= 0.6 is 0 Å². The highest BCUT2D eigenvalue weighted by Gasteiger charge is 1.87. The molecule has 1 heteroatoms. The normalized spacial score (nSPS) is 10.0. The first-order valence-electron chi connectivity index (χ1n) is 4.06. The summed E-state index contributed by atoms with van der Waals surface area (Å²) in [6, 6.07) is 0. The van der Waals surface area contributed by atoms with Crippen LogP contribution in [0, 0.1) is 0 Å². The van der Waals surface area contributed by atoms with Crippen LogP contribution in [-0.2, 0) is 12.6 Å². The average Bonchev–Trinajstić information content (AvgIpc) is 1.89. The van der Waals surface area contributed by atoms with E-state index in [1.54, 1.807) is 0 Å². The summed E-state index contributed by atoms with van der Waals surface area (Å²) in [5.41, 5.74) is 0. The molecular weight excluding hydrogens is 128 g/mol. The van der Waals surface area contributed by atoms with E-state index in [4.69, 9.17) is 0 Å². The molecule has 0 aliphatic carbocycles. The number of hydrogen-bond donors (Lipinski definition) is 0. The maximum Gasteiger partial charge on any atom is 0.103 e. The topological polar surface area (TPSA) is 0 Å². The van der Waals surface area contributed by atoms with E-state index in [1.165, 1.54) is 44.3 Å². The molecule has 0 aliphatic rings. The molecule has 0 aromatic heterocycles. The van der Waals surface area contributed by atoms with Crippen molar-refractivity contribution in [3.8, 4) is 0 Å². The maximum atomic E-state index is 3.46. The van der Waals surface area contributed by atoms with E-state index < -0.39 is 0 Å². The minimum Gasteiger partial charge on any atom is -0.0654 e. The van der Waals surface area contributed by atoms with Gasteiger partial charge >= 0.3 is 0 Å². The van der Waals surface area contributed by atoms with Gasteiger partial charge < -0.3 is 0 Å². The van der Waals surface area contributed by atoms with E-state index in [0.29, 0.717) is 0 Å². The molecule has 0 aliphatic heterocycles. The van der Waals surface area contributed by atoms with Crippen molar-refractivity contribution in [2.75, 3.05) is 5.75 Å². The van der Waals surface area contributed by atoms with Gasteiger partial charge in [-0.3, -0.25) is 0 Å². The van der Waals surface area contributed by atoms with Gasteiger partial charge in [-0.1, -0.05) is 32.6 Å². The van der Waals surface area contributed by atoms with Gasteiger partial charge in [-0.05, 0) is 25.5 Å². The summed E-state index contributed by atoms with van der Waals surface area (Å²) in [7, 11) is 0. The van der Waals surface area contributed by atoms with Crippen molar-refractivity contribution in [3.63, 3.8) is 0 Å². The standard InChI is InChI=1S/C8H18S/c1-2-3-4-5-6-7-8-9/h9H,2-8H2,1H3/p+1. The molecule has 0 bridgehead atoms. The fourth-order valence-corrected chi connectivity index (χ4v) is 1.16. The van der Waals surface area contributed by atoms with Gasteiger partial charge in [-0.25, -0.2) is 0 Å². The molecule has 0 N–H and O–H groups in total. The van der Waals surface area contributed by atoms with Crippen molar-refractivity contribution in [1.82, 2.24) is 0 Å². The highest BCUT2D eigenvalue weighted by molar-refractivity contribution is 7.58. The quantitative estimate of drug-likeness (QED) is 0.400. The van der Waals surface area contributed by atoms with E-state index in [1.807, 2.05) is 0 Å². The molecule has 0 saturated carbocycles. The molecule has 0 heterocycles. The fourth-order valence-electron chi connectivity index (χ4n) is 0.905. The van der Waals surface area contributed by atoms with Crippen molar-refractivity contribution in [2.45, 2.75) is 45.4 Å². The summed E-state index contributed by atoms with van der Waals surface area (Å²) in [6.07, 6.45) is 8.39. The highest BCUT2D eigenvalue weighted by Crippen LogP contribution is 2.03. The molecule has 0 spiro atoms. The van der Waals surface area contributed by atoms with E-state index in [2.05, 4.69) is 19.6 Å². The van der Waals surface area contributed by atoms with Gasteiger partial charge in [-0.2, -0.15) is 0 Å². The van der Waals surface area contributed by atoms with Crippen molar-refractivity contribution < 1.29 is 0 Å². The molecule has 0 nitrogen and oxygen atoms in total. The third-order valence-corrected chi connectivity index (χ3v) is 1.88.